The van der Waals surface area contributed by atoms with Gasteiger partial charge in [0.25, 0.3) is 0 Å². The Morgan fingerprint density at radius 3 is 2.57 bits per heavy atom. The molecule has 0 radical (unpaired) electrons. The van der Waals surface area contributed by atoms with Gasteiger partial charge in [0.15, 0.2) is 0 Å². The number of rotatable bonds is 6. The zero-order chi connectivity index (χ0) is 20.3. The first-order chi connectivity index (χ1) is 13.3. The van der Waals surface area contributed by atoms with Crippen molar-refractivity contribution in [1.82, 2.24) is 10.6 Å². The first kappa shape index (κ1) is 20.6. The van der Waals surface area contributed by atoms with Crippen LogP contribution in [0.4, 0.5) is 10.1 Å². The molecule has 0 aliphatic carbocycles. The molecule has 3 N–H and O–H groups in total. The Hall–Kier alpha value is -2.16. The summed E-state index contributed by atoms with van der Waals surface area (Å²) in [6, 6.07) is 11.8. The summed E-state index contributed by atoms with van der Waals surface area (Å²) >= 11 is 5.87. The molecule has 6 nitrogen and oxygen atoms in total. The van der Waals surface area contributed by atoms with Gasteiger partial charge in [-0.2, -0.15) is 0 Å². The van der Waals surface area contributed by atoms with Crippen molar-refractivity contribution in [2.24, 2.45) is 0 Å². The van der Waals surface area contributed by atoms with Gasteiger partial charge in [0, 0.05) is 11.6 Å². The molecular weight excluding hydrogens is 405 g/mol. The fourth-order valence-electron chi connectivity index (χ4n) is 3.07. The summed E-state index contributed by atoms with van der Waals surface area (Å²) < 4.78 is 41.1. The molecule has 28 heavy (non-hydrogen) atoms. The average Bonchev–Trinajstić information content (AvgIpc) is 3.15. The fraction of sp³-hybridized carbons (Fsp3) is 0.316. The summed E-state index contributed by atoms with van der Waals surface area (Å²) in [6.45, 7) is 1.95. The van der Waals surface area contributed by atoms with Crippen LogP contribution in [-0.4, -0.2) is 32.2 Å². The van der Waals surface area contributed by atoms with Gasteiger partial charge >= 0.3 is 0 Å². The number of amides is 1. The number of hydrogen-bond donors (Lipinski definition) is 3. The van der Waals surface area contributed by atoms with E-state index in [0.29, 0.717) is 5.02 Å². The number of halogens is 2. The number of carbonyl (C=O) groups is 1. The number of sulfonamides is 1. The van der Waals surface area contributed by atoms with Gasteiger partial charge in [-0.1, -0.05) is 35.9 Å². The van der Waals surface area contributed by atoms with Crippen LogP contribution in [-0.2, 0) is 14.8 Å². The third kappa shape index (κ3) is 4.81. The minimum absolute atomic E-state index is 0.100. The van der Waals surface area contributed by atoms with Crippen LogP contribution in [0.3, 0.4) is 0 Å². The molecule has 1 fully saturated rings. The highest BCUT2D eigenvalue weighted by Crippen LogP contribution is 2.22. The Labute approximate surface area is 168 Å². The van der Waals surface area contributed by atoms with Crippen LogP contribution in [0, 0.1) is 5.82 Å². The minimum Gasteiger partial charge on any atom is -0.348 e. The van der Waals surface area contributed by atoms with Gasteiger partial charge in [-0.25, -0.2) is 12.8 Å². The molecular formula is C19H21ClFN3O3S. The van der Waals surface area contributed by atoms with Gasteiger partial charge in [-0.15, -0.1) is 0 Å². The third-order valence-corrected chi connectivity index (χ3v) is 6.69. The van der Waals surface area contributed by atoms with E-state index in [1.54, 1.807) is 18.2 Å². The van der Waals surface area contributed by atoms with E-state index in [0.717, 1.165) is 5.56 Å². The fourth-order valence-corrected chi connectivity index (χ4v) is 4.59. The summed E-state index contributed by atoms with van der Waals surface area (Å²) in [7, 11) is -3.83. The van der Waals surface area contributed by atoms with Gasteiger partial charge in [0.1, 0.15) is 5.82 Å². The van der Waals surface area contributed by atoms with Crippen molar-refractivity contribution in [2.75, 3.05) is 11.3 Å². The van der Waals surface area contributed by atoms with Gasteiger partial charge in [0.2, 0.25) is 15.9 Å². The first-order valence-corrected chi connectivity index (χ1v) is 10.7. The number of hydrogen-bond acceptors (Lipinski definition) is 4. The molecule has 3 rings (SSSR count). The number of benzene rings is 2. The van der Waals surface area contributed by atoms with Crippen LogP contribution in [0.15, 0.2) is 48.5 Å². The molecule has 150 valence electrons. The van der Waals surface area contributed by atoms with Crippen LogP contribution >= 0.6 is 11.6 Å². The molecule has 9 heteroatoms. The summed E-state index contributed by atoms with van der Waals surface area (Å²) in [5, 5.41) is 5.57. The molecule has 1 amide bonds. The van der Waals surface area contributed by atoms with E-state index in [1.165, 1.54) is 18.2 Å². The van der Waals surface area contributed by atoms with E-state index in [1.807, 2.05) is 19.1 Å². The van der Waals surface area contributed by atoms with Crippen LogP contribution in [0.25, 0.3) is 0 Å². The number of para-hydroxylation sites is 1. The maximum Gasteiger partial charge on any atom is 0.237 e. The SMILES string of the molecule is CC(NC(=O)C1CC(S(=O)(=O)Nc2ccccc2F)CN1)c1ccc(Cl)cc1. The quantitative estimate of drug-likeness (QED) is 0.664. The Kier molecular flexibility index (Phi) is 6.22. The third-order valence-electron chi connectivity index (χ3n) is 4.70. The topological polar surface area (TPSA) is 87.3 Å². The van der Waals surface area contributed by atoms with Crippen molar-refractivity contribution in [1.29, 1.82) is 0 Å². The van der Waals surface area contributed by atoms with Crippen LogP contribution in [0.2, 0.25) is 5.02 Å². The van der Waals surface area contributed by atoms with E-state index in [-0.39, 0.29) is 30.6 Å². The van der Waals surface area contributed by atoms with E-state index >= 15 is 0 Å². The molecule has 0 spiro atoms. The Morgan fingerprint density at radius 1 is 1.21 bits per heavy atom. The highest BCUT2D eigenvalue weighted by molar-refractivity contribution is 7.93. The lowest BCUT2D eigenvalue weighted by Gasteiger charge is -2.18. The number of anilines is 1. The molecule has 3 unspecified atom stereocenters. The number of carbonyl (C=O) groups excluding carboxylic acids is 1. The van der Waals surface area contributed by atoms with E-state index < -0.39 is 27.1 Å². The molecule has 0 bridgehead atoms. The lowest BCUT2D eigenvalue weighted by Crippen LogP contribution is -2.41. The lowest BCUT2D eigenvalue weighted by atomic mass is 10.1. The largest absolute Gasteiger partial charge is 0.348 e. The van der Waals surface area contributed by atoms with Gasteiger partial charge in [-0.3, -0.25) is 9.52 Å². The van der Waals surface area contributed by atoms with Crippen molar-refractivity contribution < 1.29 is 17.6 Å². The average molecular weight is 426 g/mol. The molecule has 0 saturated carbocycles. The van der Waals surface area contributed by atoms with Crippen LogP contribution in [0.1, 0.15) is 24.9 Å². The molecule has 2 aromatic rings. The Bertz CT molecular complexity index is 953. The van der Waals surface area contributed by atoms with Crippen molar-refractivity contribution in [3.63, 3.8) is 0 Å². The highest BCUT2D eigenvalue weighted by atomic mass is 35.5. The van der Waals surface area contributed by atoms with Crippen LogP contribution in [0.5, 0.6) is 0 Å². The van der Waals surface area contributed by atoms with E-state index in [4.69, 9.17) is 11.6 Å². The van der Waals surface area contributed by atoms with Crippen molar-refractivity contribution in [3.05, 3.63) is 64.9 Å². The first-order valence-electron chi connectivity index (χ1n) is 8.81. The molecule has 1 aliphatic rings. The minimum atomic E-state index is -3.83. The Balaban J connectivity index is 1.60. The second-order valence-electron chi connectivity index (χ2n) is 6.73. The molecule has 0 aromatic heterocycles. The van der Waals surface area contributed by atoms with Crippen LogP contribution < -0.4 is 15.4 Å². The maximum atomic E-state index is 13.7. The highest BCUT2D eigenvalue weighted by Gasteiger charge is 2.37. The zero-order valence-electron chi connectivity index (χ0n) is 15.2. The summed E-state index contributed by atoms with van der Waals surface area (Å²) in [6.07, 6.45) is 0.100. The molecule has 3 atom stereocenters. The van der Waals surface area contributed by atoms with E-state index in [2.05, 4.69) is 15.4 Å². The molecule has 1 saturated heterocycles. The smallest absolute Gasteiger partial charge is 0.237 e. The summed E-state index contributed by atoms with van der Waals surface area (Å²) in [4.78, 5) is 12.5. The summed E-state index contributed by atoms with van der Waals surface area (Å²) in [5.41, 5.74) is 0.785. The van der Waals surface area contributed by atoms with Gasteiger partial charge < -0.3 is 10.6 Å². The monoisotopic (exact) mass is 425 g/mol. The standard InChI is InChI=1S/C19H21ClFN3O3S/c1-12(13-6-8-14(20)9-7-13)23-19(25)18-10-15(11-22-18)28(26,27)24-17-5-3-2-4-16(17)21/h2-9,12,15,18,22,24H,10-11H2,1H3,(H,23,25). The second-order valence-corrected chi connectivity index (χ2v) is 9.12. The number of nitrogens with one attached hydrogen (secondary N) is 3. The predicted octanol–water partition coefficient (Wildman–Crippen LogP) is 2.83. The van der Waals surface area contributed by atoms with Crippen molar-refractivity contribution >= 4 is 33.2 Å². The van der Waals surface area contributed by atoms with Gasteiger partial charge in [0.05, 0.1) is 23.0 Å². The Morgan fingerprint density at radius 2 is 1.89 bits per heavy atom. The molecule has 2 aromatic carbocycles. The van der Waals surface area contributed by atoms with E-state index in [9.17, 15) is 17.6 Å². The molecule has 1 aliphatic heterocycles. The molecule has 1 heterocycles. The lowest BCUT2D eigenvalue weighted by molar-refractivity contribution is -0.123. The summed E-state index contributed by atoms with van der Waals surface area (Å²) in [5.74, 6) is -0.936. The van der Waals surface area contributed by atoms with Gasteiger partial charge in [-0.05, 0) is 43.2 Å². The predicted molar refractivity (Wildman–Crippen MR) is 107 cm³/mol. The second kappa shape index (κ2) is 8.46. The zero-order valence-corrected chi connectivity index (χ0v) is 16.7. The normalized spacial score (nSPS) is 20.5. The van der Waals surface area contributed by atoms with Crippen molar-refractivity contribution in [3.8, 4) is 0 Å². The maximum absolute atomic E-state index is 13.7. The van der Waals surface area contributed by atoms with Crippen molar-refractivity contribution in [2.45, 2.75) is 30.7 Å².